The maximum absolute atomic E-state index is 4.31. The van der Waals surface area contributed by atoms with E-state index in [2.05, 4.69) is 70.4 Å². The van der Waals surface area contributed by atoms with Gasteiger partial charge in [0.25, 0.3) is 0 Å². The fraction of sp³-hybridized carbons (Fsp3) is 0.889. The maximum Gasteiger partial charge on any atom is 0.0725 e. The van der Waals surface area contributed by atoms with Crippen LogP contribution in [0.3, 0.4) is 0 Å². The molecular formula is C18H35N3. The predicted molar refractivity (Wildman–Crippen MR) is 90.3 cm³/mol. The van der Waals surface area contributed by atoms with Crippen LogP contribution in [0.4, 0.5) is 0 Å². The van der Waals surface area contributed by atoms with Gasteiger partial charge in [0, 0.05) is 6.54 Å². The van der Waals surface area contributed by atoms with Crippen molar-refractivity contribution in [3.63, 3.8) is 0 Å². The molecule has 21 heavy (non-hydrogen) atoms. The first kappa shape index (κ1) is 18.2. The van der Waals surface area contributed by atoms with Gasteiger partial charge in [-0.15, -0.1) is 5.10 Å². The van der Waals surface area contributed by atoms with Gasteiger partial charge < -0.3 is 0 Å². The van der Waals surface area contributed by atoms with Gasteiger partial charge in [-0.25, -0.2) is 4.68 Å². The zero-order valence-electron chi connectivity index (χ0n) is 15.5. The van der Waals surface area contributed by atoms with Gasteiger partial charge in [0.2, 0.25) is 0 Å². The fourth-order valence-corrected chi connectivity index (χ4v) is 2.18. The van der Waals surface area contributed by atoms with Gasteiger partial charge in [-0.2, -0.15) is 0 Å². The van der Waals surface area contributed by atoms with E-state index in [-0.39, 0.29) is 10.8 Å². The summed E-state index contributed by atoms with van der Waals surface area (Å²) in [6, 6.07) is 0. The zero-order chi connectivity index (χ0) is 16.3. The molecule has 0 bridgehead atoms. The molecule has 0 aliphatic rings. The molecule has 0 N–H and O–H groups in total. The molecule has 0 saturated carbocycles. The average Bonchev–Trinajstić information content (AvgIpc) is 2.68. The second kappa shape index (κ2) is 6.50. The van der Waals surface area contributed by atoms with Crippen LogP contribution in [0, 0.1) is 16.2 Å². The first-order chi connectivity index (χ1) is 9.42. The molecule has 1 rings (SSSR count). The van der Waals surface area contributed by atoms with E-state index in [0.29, 0.717) is 5.41 Å². The smallest absolute Gasteiger partial charge is 0.0725 e. The molecule has 0 amide bonds. The second-order valence-electron chi connectivity index (χ2n) is 9.28. The van der Waals surface area contributed by atoms with Gasteiger partial charge in [0.1, 0.15) is 0 Å². The molecule has 3 heteroatoms. The van der Waals surface area contributed by atoms with E-state index in [4.69, 9.17) is 0 Å². The highest BCUT2D eigenvalue weighted by Crippen LogP contribution is 2.39. The van der Waals surface area contributed by atoms with Crippen molar-refractivity contribution < 1.29 is 0 Å². The van der Waals surface area contributed by atoms with Crippen LogP contribution in [0.5, 0.6) is 0 Å². The molecule has 0 atom stereocenters. The van der Waals surface area contributed by atoms with Crippen molar-refractivity contribution in [2.45, 2.75) is 87.6 Å². The molecule has 0 radical (unpaired) electrons. The quantitative estimate of drug-likeness (QED) is 0.682. The lowest BCUT2D eigenvalue weighted by Gasteiger charge is -2.38. The SMILES string of the molecule is CC(C)(C)CCCCc1cnnn1CC(C)(C)C(C)(C)C. The monoisotopic (exact) mass is 293 g/mol. The van der Waals surface area contributed by atoms with Gasteiger partial charge in [-0.3, -0.25) is 0 Å². The molecule has 0 aliphatic heterocycles. The van der Waals surface area contributed by atoms with Crippen molar-refractivity contribution in [3.8, 4) is 0 Å². The lowest BCUT2D eigenvalue weighted by Crippen LogP contribution is -2.34. The molecule has 0 aliphatic carbocycles. The summed E-state index contributed by atoms with van der Waals surface area (Å²) in [6.07, 6.45) is 6.80. The Kier molecular flexibility index (Phi) is 5.63. The molecular weight excluding hydrogens is 258 g/mol. The van der Waals surface area contributed by atoms with E-state index in [1.54, 1.807) is 0 Å². The number of aromatic nitrogens is 3. The molecule has 1 aromatic rings. The van der Waals surface area contributed by atoms with E-state index >= 15 is 0 Å². The molecule has 3 nitrogen and oxygen atoms in total. The second-order valence-corrected chi connectivity index (χ2v) is 9.28. The Balaban J connectivity index is 2.58. The summed E-state index contributed by atoms with van der Waals surface area (Å²) in [4.78, 5) is 0. The van der Waals surface area contributed by atoms with E-state index in [1.165, 1.54) is 25.0 Å². The van der Waals surface area contributed by atoms with Crippen LogP contribution >= 0.6 is 0 Å². The first-order valence-electron chi connectivity index (χ1n) is 8.30. The van der Waals surface area contributed by atoms with Crippen LogP contribution in [0.2, 0.25) is 0 Å². The fourth-order valence-electron chi connectivity index (χ4n) is 2.18. The van der Waals surface area contributed by atoms with Crippen molar-refractivity contribution in [1.29, 1.82) is 0 Å². The molecule has 0 aromatic carbocycles. The summed E-state index contributed by atoms with van der Waals surface area (Å²) in [5, 5.41) is 8.44. The molecule has 1 heterocycles. The van der Waals surface area contributed by atoms with Crippen LogP contribution in [0.25, 0.3) is 0 Å². The number of hydrogen-bond donors (Lipinski definition) is 0. The Morgan fingerprint density at radius 2 is 1.57 bits per heavy atom. The number of nitrogens with zero attached hydrogens (tertiary/aromatic N) is 3. The molecule has 0 saturated heterocycles. The number of unbranched alkanes of at least 4 members (excludes halogenated alkanes) is 1. The summed E-state index contributed by atoms with van der Waals surface area (Å²) in [6.45, 7) is 19.4. The summed E-state index contributed by atoms with van der Waals surface area (Å²) in [5.41, 5.74) is 2.16. The van der Waals surface area contributed by atoms with Crippen molar-refractivity contribution >= 4 is 0 Å². The van der Waals surface area contributed by atoms with Crippen LogP contribution in [-0.4, -0.2) is 15.0 Å². The Bertz CT molecular complexity index is 430. The van der Waals surface area contributed by atoms with E-state index in [0.717, 1.165) is 13.0 Å². The summed E-state index contributed by atoms with van der Waals surface area (Å²) in [5.74, 6) is 0. The van der Waals surface area contributed by atoms with Crippen molar-refractivity contribution in [1.82, 2.24) is 15.0 Å². The van der Waals surface area contributed by atoms with Gasteiger partial charge in [0.05, 0.1) is 11.9 Å². The maximum atomic E-state index is 4.31. The van der Waals surface area contributed by atoms with Gasteiger partial charge >= 0.3 is 0 Å². The lowest BCUT2D eigenvalue weighted by molar-refractivity contribution is 0.100. The number of hydrogen-bond acceptors (Lipinski definition) is 2. The Morgan fingerprint density at radius 3 is 2.10 bits per heavy atom. The summed E-state index contributed by atoms with van der Waals surface area (Å²) in [7, 11) is 0. The first-order valence-corrected chi connectivity index (χ1v) is 8.30. The number of aryl methyl sites for hydroxylation is 1. The average molecular weight is 293 g/mol. The third-order valence-corrected chi connectivity index (χ3v) is 4.88. The van der Waals surface area contributed by atoms with Gasteiger partial charge in [0.15, 0.2) is 0 Å². The van der Waals surface area contributed by atoms with E-state index in [9.17, 15) is 0 Å². The minimum Gasteiger partial charge on any atom is -0.249 e. The topological polar surface area (TPSA) is 30.7 Å². The molecule has 0 unspecified atom stereocenters. The minimum absolute atomic E-state index is 0.195. The third-order valence-electron chi connectivity index (χ3n) is 4.88. The van der Waals surface area contributed by atoms with E-state index < -0.39 is 0 Å². The lowest BCUT2D eigenvalue weighted by atomic mass is 9.69. The zero-order valence-corrected chi connectivity index (χ0v) is 15.5. The normalized spacial score (nSPS) is 13.7. The summed E-state index contributed by atoms with van der Waals surface area (Å²) >= 11 is 0. The van der Waals surface area contributed by atoms with Crippen molar-refractivity contribution in [2.24, 2.45) is 16.2 Å². The highest BCUT2D eigenvalue weighted by Gasteiger charge is 2.33. The standard InChI is InChI=1S/C18H35N3/c1-16(2,3)12-10-9-11-15-13-19-20-21(15)14-18(7,8)17(4,5)6/h13H,9-12,14H2,1-8H3. The molecule has 0 spiro atoms. The molecule has 1 aromatic heterocycles. The van der Waals surface area contributed by atoms with E-state index in [1.807, 2.05) is 6.20 Å². The Labute approximate surface area is 131 Å². The number of rotatable bonds is 6. The highest BCUT2D eigenvalue weighted by atomic mass is 15.4. The third kappa shape index (κ3) is 5.80. The van der Waals surface area contributed by atoms with Crippen LogP contribution in [-0.2, 0) is 13.0 Å². The van der Waals surface area contributed by atoms with Crippen molar-refractivity contribution in [2.75, 3.05) is 0 Å². The summed E-state index contributed by atoms with van der Waals surface area (Å²) < 4.78 is 2.11. The van der Waals surface area contributed by atoms with Crippen LogP contribution in [0.15, 0.2) is 6.20 Å². The van der Waals surface area contributed by atoms with Crippen molar-refractivity contribution in [3.05, 3.63) is 11.9 Å². The Hall–Kier alpha value is -0.860. The van der Waals surface area contributed by atoms with Crippen LogP contribution in [0.1, 0.15) is 80.3 Å². The van der Waals surface area contributed by atoms with Gasteiger partial charge in [-0.05, 0) is 35.5 Å². The predicted octanol–water partition coefficient (Wildman–Crippen LogP) is 5.11. The van der Waals surface area contributed by atoms with Gasteiger partial charge in [-0.1, -0.05) is 67.0 Å². The largest absolute Gasteiger partial charge is 0.249 e. The molecule has 0 fully saturated rings. The molecule has 122 valence electrons. The Morgan fingerprint density at radius 1 is 0.952 bits per heavy atom. The highest BCUT2D eigenvalue weighted by molar-refractivity contribution is 4.96. The van der Waals surface area contributed by atoms with Crippen LogP contribution < -0.4 is 0 Å². The minimum atomic E-state index is 0.195.